The molecule has 1 atom stereocenters. The van der Waals surface area contributed by atoms with Crippen LogP contribution in [-0.4, -0.2) is 37.6 Å². The Kier molecular flexibility index (Phi) is 8.99. The number of anilines is 1. The molecule has 0 radical (unpaired) electrons. The standard InChI is InChI=1S/C23H23ClN2O5/c1-3-9-30-22(28)15-11-16(23(29)31-10-4-2)13-17(12-15)26-21(27)19(14-25)18-7-5-6-8-20(18)24/h3-8,11-13,19H,1-2,9-10,14,25H2,(H,26,27). The van der Waals surface area contributed by atoms with Crippen molar-refractivity contribution in [2.24, 2.45) is 5.73 Å². The highest BCUT2D eigenvalue weighted by molar-refractivity contribution is 6.31. The van der Waals surface area contributed by atoms with Crippen molar-refractivity contribution >= 4 is 35.1 Å². The van der Waals surface area contributed by atoms with Crippen molar-refractivity contribution in [2.75, 3.05) is 25.1 Å². The third-order valence-corrected chi connectivity index (χ3v) is 4.51. The summed E-state index contributed by atoms with van der Waals surface area (Å²) in [4.78, 5) is 37.5. The molecule has 3 N–H and O–H groups in total. The molecule has 1 amide bonds. The third-order valence-electron chi connectivity index (χ3n) is 4.17. The van der Waals surface area contributed by atoms with Crippen LogP contribution in [-0.2, 0) is 14.3 Å². The fourth-order valence-electron chi connectivity index (χ4n) is 2.73. The zero-order valence-electron chi connectivity index (χ0n) is 16.8. The van der Waals surface area contributed by atoms with E-state index in [1.807, 2.05) is 0 Å². The first kappa shape index (κ1) is 23.9. The van der Waals surface area contributed by atoms with E-state index in [0.29, 0.717) is 10.6 Å². The Morgan fingerprint density at radius 3 is 2.03 bits per heavy atom. The molecule has 2 rings (SSSR count). The molecule has 0 aliphatic heterocycles. The van der Waals surface area contributed by atoms with E-state index >= 15 is 0 Å². The lowest BCUT2D eigenvalue weighted by molar-refractivity contribution is -0.117. The molecule has 0 bridgehead atoms. The first-order chi connectivity index (χ1) is 14.9. The van der Waals surface area contributed by atoms with Crippen LogP contribution >= 0.6 is 11.6 Å². The van der Waals surface area contributed by atoms with Crippen LogP contribution in [0.15, 0.2) is 67.8 Å². The van der Waals surface area contributed by atoms with Gasteiger partial charge in [-0.1, -0.05) is 55.1 Å². The van der Waals surface area contributed by atoms with Gasteiger partial charge in [0.2, 0.25) is 5.91 Å². The quantitative estimate of drug-likeness (QED) is 0.429. The van der Waals surface area contributed by atoms with Gasteiger partial charge in [0.05, 0.1) is 17.0 Å². The minimum absolute atomic E-state index is 0.00483. The van der Waals surface area contributed by atoms with Crippen molar-refractivity contribution in [3.63, 3.8) is 0 Å². The van der Waals surface area contributed by atoms with Crippen molar-refractivity contribution in [3.8, 4) is 0 Å². The fraction of sp³-hybridized carbons (Fsp3) is 0.174. The minimum Gasteiger partial charge on any atom is -0.458 e. The van der Waals surface area contributed by atoms with Crippen LogP contribution < -0.4 is 11.1 Å². The van der Waals surface area contributed by atoms with Gasteiger partial charge >= 0.3 is 11.9 Å². The molecule has 0 heterocycles. The number of halogens is 1. The maximum Gasteiger partial charge on any atom is 0.338 e. The van der Waals surface area contributed by atoms with Crippen LogP contribution in [0, 0.1) is 0 Å². The monoisotopic (exact) mass is 442 g/mol. The summed E-state index contributed by atoms with van der Waals surface area (Å²) in [6, 6.07) is 11.0. The second kappa shape index (κ2) is 11.7. The van der Waals surface area contributed by atoms with E-state index in [4.69, 9.17) is 26.8 Å². The topological polar surface area (TPSA) is 108 Å². The summed E-state index contributed by atoms with van der Waals surface area (Å²) in [5.74, 6) is -2.55. The molecule has 2 aromatic carbocycles. The van der Waals surface area contributed by atoms with Gasteiger partial charge in [-0.15, -0.1) is 0 Å². The molecule has 8 heteroatoms. The van der Waals surface area contributed by atoms with Crippen LogP contribution in [0.4, 0.5) is 5.69 Å². The van der Waals surface area contributed by atoms with E-state index in [1.165, 1.54) is 30.4 Å². The SMILES string of the molecule is C=CCOC(=O)c1cc(NC(=O)C(CN)c2ccccc2Cl)cc(C(=O)OCC=C)c1. The average molecular weight is 443 g/mol. The lowest BCUT2D eigenvalue weighted by atomic mass is 9.98. The second-order valence-electron chi connectivity index (χ2n) is 6.37. The number of carbonyl (C=O) groups excluding carboxylic acids is 3. The predicted molar refractivity (Wildman–Crippen MR) is 119 cm³/mol. The molecule has 0 saturated heterocycles. The van der Waals surface area contributed by atoms with Crippen molar-refractivity contribution < 1.29 is 23.9 Å². The lowest BCUT2D eigenvalue weighted by Gasteiger charge is -2.17. The smallest absolute Gasteiger partial charge is 0.338 e. The van der Waals surface area contributed by atoms with Crippen molar-refractivity contribution in [1.29, 1.82) is 0 Å². The number of hydrogen-bond donors (Lipinski definition) is 2. The van der Waals surface area contributed by atoms with Gasteiger partial charge in [0, 0.05) is 17.3 Å². The number of benzene rings is 2. The van der Waals surface area contributed by atoms with Crippen LogP contribution in [0.1, 0.15) is 32.2 Å². The first-order valence-corrected chi connectivity index (χ1v) is 9.75. The van der Waals surface area contributed by atoms with E-state index < -0.39 is 23.8 Å². The van der Waals surface area contributed by atoms with Gasteiger partial charge < -0.3 is 20.5 Å². The summed E-state index contributed by atoms with van der Waals surface area (Å²) in [6.45, 7) is 6.97. The Bertz CT molecular complexity index is 947. The van der Waals surface area contributed by atoms with Crippen LogP contribution in [0.2, 0.25) is 5.02 Å². The minimum atomic E-state index is -0.735. The summed E-state index contributed by atoms with van der Waals surface area (Å²) >= 11 is 6.20. The Morgan fingerprint density at radius 1 is 1.00 bits per heavy atom. The number of nitrogens with two attached hydrogens (primary N) is 1. The number of hydrogen-bond acceptors (Lipinski definition) is 6. The maximum absolute atomic E-state index is 12.9. The summed E-state index contributed by atoms with van der Waals surface area (Å²) in [6.07, 6.45) is 2.83. The summed E-state index contributed by atoms with van der Waals surface area (Å²) < 4.78 is 10.1. The number of esters is 2. The third kappa shape index (κ3) is 6.53. The molecule has 162 valence electrons. The Morgan fingerprint density at radius 2 is 1.55 bits per heavy atom. The zero-order valence-corrected chi connectivity index (χ0v) is 17.6. The molecule has 0 aromatic heterocycles. The molecular weight excluding hydrogens is 420 g/mol. The Balaban J connectivity index is 2.36. The van der Waals surface area contributed by atoms with Crippen LogP contribution in [0.3, 0.4) is 0 Å². The molecule has 0 spiro atoms. The van der Waals surface area contributed by atoms with E-state index in [0.717, 1.165) is 0 Å². The Labute approximate surface area is 185 Å². The highest BCUT2D eigenvalue weighted by Gasteiger charge is 2.23. The van der Waals surface area contributed by atoms with E-state index in [9.17, 15) is 14.4 Å². The van der Waals surface area contributed by atoms with Gasteiger partial charge in [-0.25, -0.2) is 9.59 Å². The summed E-state index contributed by atoms with van der Waals surface area (Å²) in [7, 11) is 0. The largest absolute Gasteiger partial charge is 0.458 e. The highest BCUT2D eigenvalue weighted by atomic mass is 35.5. The molecule has 2 aromatic rings. The Hall–Kier alpha value is -3.42. The fourth-order valence-corrected chi connectivity index (χ4v) is 3.00. The molecular formula is C23H23ClN2O5. The average Bonchev–Trinajstić information content (AvgIpc) is 2.77. The molecule has 0 aliphatic rings. The lowest BCUT2D eigenvalue weighted by Crippen LogP contribution is -2.28. The number of carbonyl (C=O) groups is 3. The van der Waals surface area contributed by atoms with Crippen LogP contribution in [0.5, 0.6) is 0 Å². The summed E-state index contributed by atoms with van der Waals surface area (Å²) in [5.41, 5.74) is 6.70. The molecule has 0 aliphatic carbocycles. The van der Waals surface area contributed by atoms with Gasteiger partial charge in [0.25, 0.3) is 0 Å². The molecule has 1 unspecified atom stereocenters. The van der Waals surface area contributed by atoms with Gasteiger partial charge in [-0.2, -0.15) is 0 Å². The van der Waals surface area contributed by atoms with E-state index in [1.54, 1.807) is 24.3 Å². The number of amides is 1. The van der Waals surface area contributed by atoms with Gasteiger partial charge in [-0.05, 0) is 29.8 Å². The van der Waals surface area contributed by atoms with Crippen molar-refractivity contribution in [1.82, 2.24) is 0 Å². The maximum atomic E-state index is 12.9. The van der Waals surface area contributed by atoms with Crippen molar-refractivity contribution in [2.45, 2.75) is 5.92 Å². The summed E-state index contributed by atoms with van der Waals surface area (Å²) in [5, 5.41) is 3.09. The van der Waals surface area contributed by atoms with Crippen LogP contribution in [0.25, 0.3) is 0 Å². The molecule has 31 heavy (non-hydrogen) atoms. The van der Waals surface area contributed by atoms with Crippen molar-refractivity contribution in [3.05, 3.63) is 89.5 Å². The van der Waals surface area contributed by atoms with E-state index in [-0.39, 0.29) is 36.6 Å². The van der Waals surface area contributed by atoms with Gasteiger partial charge in [0.15, 0.2) is 0 Å². The van der Waals surface area contributed by atoms with E-state index in [2.05, 4.69) is 18.5 Å². The number of rotatable bonds is 10. The molecule has 0 saturated carbocycles. The normalized spacial score (nSPS) is 11.2. The van der Waals surface area contributed by atoms with Gasteiger partial charge in [-0.3, -0.25) is 4.79 Å². The number of nitrogens with one attached hydrogen (secondary N) is 1. The predicted octanol–water partition coefficient (Wildman–Crippen LogP) is 3.71. The number of ether oxygens (including phenoxy) is 2. The second-order valence-corrected chi connectivity index (χ2v) is 6.78. The van der Waals surface area contributed by atoms with Gasteiger partial charge in [0.1, 0.15) is 13.2 Å². The molecule has 7 nitrogen and oxygen atoms in total. The zero-order chi connectivity index (χ0) is 22.8. The first-order valence-electron chi connectivity index (χ1n) is 9.37. The molecule has 0 fully saturated rings. The highest BCUT2D eigenvalue weighted by Crippen LogP contribution is 2.26.